The summed E-state index contributed by atoms with van der Waals surface area (Å²) in [7, 11) is -2.33. The first-order chi connectivity index (χ1) is 6.38. The van der Waals surface area contributed by atoms with Gasteiger partial charge in [0.15, 0.2) is 0 Å². The van der Waals surface area contributed by atoms with Crippen LogP contribution in [0.1, 0.15) is 0 Å². The van der Waals surface area contributed by atoms with E-state index in [1.807, 2.05) is 0 Å². The van der Waals surface area contributed by atoms with E-state index in [-0.39, 0.29) is 5.69 Å². The quantitative estimate of drug-likeness (QED) is 0.468. The average Bonchev–Trinajstić information content (AvgIpc) is 2.02. The number of hydrogen-bond donors (Lipinski definition) is 1. The number of non-ortho nitro benzene ring substituents is 1. The Hall–Kier alpha value is -1.56. The molecule has 1 aromatic rings. The molecule has 5 nitrogen and oxygen atoms in total. The second-order valence-electron chi connectivity index (χ2n) is 2.91. The van der Waals surface area contributed by atoms with Crippen LogP contribution < -0.4 is 4.72 Å². The lowest BCUT2D eigenvalue weighted by molar-refractivity contribution is -0.384. The lowest BCUT2D eigenvalue weighted by Crippen LogP contribution is -2.08. The van der Waals surface area contributed by atoms with Crippen LogP contribution >= 0.6 is 0 Å². The Morgan fingerprint density at radius 2 is 1.93 bits per heavy atom. The molecule has 0 heterocycles. The number of anilines is 1. The topological polar surface area (TPSA) is 72.2 Å². The lowest BCUT2D eigenvalue weighted by atomic mass is 10.3. The van der Waals surface area contributed by atoms with Gasteiger partial charge in [-0.05, 0) is 18.0 Å². The van der Waals surface area contributed by atoms with E-state index in [1.54, 1.807) is 0 Å². The van der Waals surface area contributed by atoms with Crippen molar-refractivity contribution in [1.29, 1.82) is 0 Å². The molecule has 14 heavy (non-hydrogen) atoms. The summed E-state index contributed by atoms with van der Waals surface area (Å²) in [6, 6.07) is 5.67. The summed E-state index contributed by atoms with van der Waals surface area (Å²) < 4.78 is 13.9. The van der Waals surface area contributed by atoms with Crippen LogP contribution in [0.15, 0.2) is 24.3 Å². The van der Waals surface area contributed by atoms with Gasteiger partial charge in [0.2, 0.25) is 0 Å². The second kappa shape index (κ2) is 3.67. The molecular weight excluding hydrogens is 204 g/mol. The molecule has 1 N–H and O–H groups in total. The summed E-state index contributed by atoms with van der Waals surface area (Å²) in [5, 5.41) is 10.3. The van der Waals surface area contributed by atoms with Crippen molar-refractivity contribution in [2.24, 2.45) is 0 Å². The molecule has 1 unspecified atom stereocenters. The molecule has 0 saturated carbocycles. The summed E-state index contributed by atoms with van der Waals surface area (Å²) in [4.78, 5) is 9.82. The van der Waals surface area contributed by atoms with Gasteiger partial charge in [-0.25, -0.2) is 4.21 Å². The van der Waals surface area contributed by atoms with Crippen LogP contribution in [0.2, 0.25) is 0 Å². The van der Waals surface area contributed by atoms with Gasteiger partial charge in [0.25, 0.3) is 5.69 Å². The van der Waals surface area contributed by atoms with Crippen LogP contribution in [0.3, 0.4) is 0 Å². The Kier molecular flexibility index (Phi) is 2.76. The fourth-order valence-electron chi connectivity index (χ4n) is 0.900. The third-order valence-electron chi connectivity index (χ3n) is 1.41. The summed E-state index contributed by atoms with van der Waals surface area (Å²) in [6.07, 6.45) is 1.45. The van der Waals surface area contributed by atoms with E-state index < -0.39 is 14.6 Å². The van der Waals surface area contributed by atoms with Crippen LogP contribution in [-0.2, 0) is 9.71 Å². The molecule has 76 valence electrons. The number of nitrogens with one attached hydrogen (secondary N) is 1. The Balaban J connectivity index is 2.90. The predicted octanol–water partition coefficient (Wildman–Crippen LogP) is 1.27. The lowest BCUT2D eigenvalue weighted by Gasteiger charge is -2.06. The van der Waals surface area contributed by atoms with Crippen LogP contribution in [0.5, 0.6) is 0 Å². The molecule has 0 aliphatic rings. The Morgan fingerprint density at radius 3 is 2.29 bits per heavy atom. The minimum Gasteiger partial charge on any atom is -0.313 e. The molecule has 0 fully saturated rings. The maximum absolute atomic E-state index is 11.2. The fraction of sp³-hybridized carbons (Fsp3) is 0.125. The monoisotopic (exact) mass is 214 g/mol. The highest BCUT2D eigenvalue weighted by Crippen LogP contribution is 2.15. The minimum absolute atomic E-state index is 0.00205. The van der Waals surface area contributed by atoms with Crippen molar-refractivity contribution in [3.8, 4) is 0 Å². The van der Waals surface area contributed by atoms with Crippen molar-refractivity contribution in [1.82, 2.24) is 0 Å². The molecule has 0 aliphatic heterocycles. The third kappa shape index (κ3) is 3.06. The smallest absolute Gasteiger partial charge is 0.269 e. The van der Waals surface area contributed by atoms with Crippen LogP contribution in [-0.4, -0.2) is 21.3 Å². The zero-order chi connectivity index (χ0) is 10.8. The zero-order valence-electron chi connectivity index (χ0n) is 7.60. The van der Waals surface area contributed by atoms with Crippen molar-refractivity contribution in [2.45, 2.75) is 0 Å². The van der Waals surface area contributed by atoms with Crippen molar-refractivity contribution < 1.29 is 9.13 Å². The molecule has 1 aromatic carbocycles. The Morgan fingerprint density at radius 1 is 1.43 bits per heavy atom. The maximum atomic E-state index is 11.2. The summed E-state index contributed by atoms with van der Waals surface area (Å²) in [6.45, 7) is 0. The summed E-state index contributed by atoms with van der Waals surface area (Å²) >= 11 is 0. The highest BCUT2D eigenvalue weighted by molar-refractivity contribution is 8.00. The van der Waals surface area contributed by atoms with E-state index in [4.69, 9.17) is 0 Å². The van der Waals surface area contributed by atoms with E-state index in [1.165, 1.54) is 30.5 Å². The van der Waals surface area contributed by atoms with Crippen LogP contribution in [0, 0.1) is 10.1 Å². The molecule has 0 spiro atoms. The number of benzene rings is 1. The number of nitro benzene ring substituents is 1. The van der Waals surface area contributed by atoms with Crippen LogP contribution in [0.25, 0.3) is 0 Å². The van der Waals surface area contributed by atoms with Gasteiger partial charge >= 0.3 is 0 Å². The second-order valence-corrected chi connectivity index (χ2v) is 5.13. The molecule has 0 amide bonds. The molecule has 6 heteroatoms. The highest BCUT2D eigenvalue weighted by atomic mass is 32.2. The first kappa shape index (κ1) is 10.5. The SMILES string of the molecule is C=S(C)(=O)Nc1ccc([N+](=O)[O-])cc1. The molecule has 0 aromatic heterocycles. The van der Waals surface area contributed by atoms with Crippen molar-refractivity contribution in [3.63, 3.8) is 0 Å². The van der Waals surface area contributed by atoms with Crippen LogP contribution in [0.4, 0.5) is 11.4 Å². The molecule has 0 saturated heterocycles. The summed E-state index contributed by atoms with van der Waals surface area (Å²) in [5.41, 5.74) is 0.556. The van der Waals surface area contributed by atoms with Gasteiger partial charge in [0.1, 0.15) is 0 Å². The Labute approximate surface area is 82.0 Å². The van der Waals surface area contributed by atoms with Gasteiger partial charge in [-0.2, -0.15) is 0 Å². The molecule has 0 bridgehead atoms. The normalized spacial score (nSPS) is 14.4. The number of hydrogen-bond acceptors (Lipinski definition) is 3. The number of nitro groups is 1. The van der Waals surface area contributed by atoms with E-state index in [0.717, 1.165) is 0 Å². The highest BCUT2D eigenvalue weighted by Gasteiger charge is 2.04. The third-order valence-corrected chi connectivity index (χ3v) is 2.08. The first-order valence-corrected chi connectivity index (χ1v) is 5.86. The summed E-state index contributed by atoms with van der Waals surface area (Å²) in [5.74, 6) is 3.41. The van der Waals surface area contributed by atoms with Gasteiger partial charge in [0.05, 0.1) is 4.92 Å². The Bertz CT molecular complexity index is 436. The standard InChI is InChI=1S/C8H10N2O3S/c1-14(2,13)9-7-3-5-8(6-4-7)10(11)12/h3-6H,1H2,2H3,(H,9,13). The van der Waals surface area contributed by atoms with Gasteiger partial charge < -0.3 is 4.72 Å². The molecule has 1 atom stereocenters. The van der Waals surface area contributed by atoms with E-state index in [0.29, 0.717) is 5.69 Å². The first-order valence-electron chi connectivity index (χ1n) is 3.73. The maximum Gasteiger partial charge on any atom is 0.269 e. The minimum atomic E-state index is -2.33. The van der Waals surface area contributed by atoms with Crippen molar-refractivity contribution in [2.75, 3.05) is 11.0 Å². The molecular formula is C8H10N2O3S. The van der Waals surface area contributed by atoms with Crippen molar-refractivity contribution in [3.05, 3.63) is 34.4 Å². The fourth-order valence-corrected chi connectivity index (χ4v) is 1.54. The van der Waals surface area contributed by atoms with Gasteiger partial charge in [-0.15, -0.1) is 0 Å². The van der Waals surface area contributed by atoms with E-state index in [2.05, 4.69) is 10.6 Å². The van der Waals surface area contributed by atoms with Crippen molar-refractivity contribution >= 4 is 27.0 Å². The molecule has 0 radical (unpaired) electrons. The predicted molar refractivity (Wildman–Crippen MR) is 57.9 cm³/mol. The largest absolute Gasteiger partial charge is 0.313 e. The average molecular weight is 214 g/mol. The number of nitrogens with zero attached hydrogens (tertiary/aromatic N) is 1. The van der Waals surface area contributed by atoms with E-state index >= 15 is 0 Å². The zero-order valence-corrected chi connectivity index (χ0v) is 8.41. The number of rotatable bonds is 3. The molecule has 0 aliphatic carbocycles. The molecule has 1 rings (SSSR count). The van der Waals surface area contributed by atoms with E-state index in [9.17, 15) is 14.3 Å². The van der Waals surface area contributed by atoms with Gasteiger partial charge in [-0.3, -0.25) is 10.1 Å². The van der Waals surface area contributed by atoms with Gasteiger partial charge in [-0.1, -0.05) is 0 Å². The van der Waals surface area contributed by atoms with Gasteiger partial charge in [0, 0.05) is 33.8 Å².